The lowest BCUT2D eigenvalue weighted by molar-refractivity contribution is -0.135. The highest BCUT2D eigenvalue weighted by atomic mass is 16.5. The monoisotopic (exact) mass is 278 g/mol. The molecule has 112 valence electrons. The van der Waals surface area contributed by atoms with Crippen molar-refractivity contribution in [1.82, 2.24) is 5.32 Å². The van der Waals surface area contributed by atoms with Crippen LogP contribution in [0.5, 0.6) is 0 Å². The second kappa shape index (κ2) is 4.99. The SMILES string of the molecule is NCC1CCC(C(=O)NC2C3CC4CC(C3)CC2C4)O1. The smallest absolute Gasteiger partial charge is 0.249 e. The van der Waals surface area contributed by atoms with Crippen molar-refractivity contribution in [2.75, 3.05) is 6.54 Å². The minimum atomic E-state index is -0.249. The Morgan fingerprint density at radius 2 is 1.70 bits per heavy atom. The molecule has 20 heavy (non-hydrogen) atoms. The van der Waals surface area contributed by atoms with Crippen LogP contribution in [0.3, 0.4) is 0 Å². The van der Waals surface area contributed by atoms with Gasteiger partial charge >= 0.3 is 0 Å². The summed E-state index contributed by atoms with van der Waals surface area (Å²) in [6.07, 6.45) is 8.42. The number of nitrogens with one attached hydrogen (secondary N) is 1. The fourth-order valence-electron chi connectivity index (χ4n) is 5.49. The fraction of sp³-hybridized carbons (Fsp3) is 0.938. The van der Waals surface area contributed by atoms with Gasteiger partial charge in [-0.15, -0.1) is 0 Å². The van der Waals surface area contributed by atoms with Gasteiger partial charge in [0.25, 0.3) is 0 Å². The van der Waals surface area contributed by atoms with Crippen LogP contribution in [0.4, 0.5) is 0 Å². The molecular weight excluding hydrogens is 252 g/mol. The number of carbonyl (C=O) groups excluding carboxylic acids is 1. The van der Waals surface area contributed by atoms with E-state index in [1.54, 1.807) is 0 Å². The van der Waals surface area contributed by atoms with Gasteiger partial charge in [-0.05, 0) is 68.6 Å². The molecule has 0 radical (unpaired) electrons. The first-order valence-electron chi connectivity index (χ1n) is 8.39. The molecule has 5 fully saturated rings. The molecule has 0 aromatic rings. The molecule has 5 rings (SSSR count). The van der Waals surface area contributed by atoms with Crippen LogP contribution in [0.1, 0.15) is 44.9 Å². The van der Waals surface area contributed by atoms with E-state index in [4.69, 9.17) is 10.5 Å². The molecule has 2 atom stereocenters. The van der Waals surface area contributed by atoms with Gasteiger partial charge < -0.3 is 15.8 Å². The van der Waals surface area contributed by atoms with E-state index in [0.29, 0.717) is 12.6 Å². The number of carbonyl (C=O) groups is 1. The van der Waals surface area contributed by atoms with E-state index in [-0.39, 0.29) is 18.1 Å². The maximum atomic E-state index is 12.4. The van der Waals surface area contributed by atoms with Crippen LogP contribution in [0, 0.1) is 23.7 Å². The van der Waals surface area contributed by atoms with Crippen molar-refractivity contribution in [3.63, 3.8) is 0 Å². The summed E-state index contributed by atoms with van der Waals surface area (Å²) in [6, 6.07) is 0.427. The molecule has 4 bridgehead atoms. The minimum Gasteiger partial charge on any atom is -0.364 e. The number of ether oxygens (including phenoxy) is 1. The Labute approximate surface area is 120 Å². The number of amides is 1. The topological polar surface area (TPSA) is 64.4 Å². The van der Waals surface area contributed by atoms with Crippen molar-refractivity contribution in [2.45, 2.75) is 63.2 Å². The van der Waals surface area contributed by atoms with Gasteiger partial charge in [-0.3, -0.25) is 4.79 Å². The Hall–Kier alpha value is -0.610. The quantitative estimate of drug-likeness (QED) is 0.821. The summed E-state index contributed by atoms with van der Waals surface area (Å²) in [5.74, 6) is 3.51. The fourth-order valence-corrected chi connectivity index (χ4v) is 5.49. The zero-order chi connectivity index (χ0) is 13.7. The van der Waals surface area contributed by atoms with Gasteiger partial charge in [-0.1, -0.05) is 0 Å². The Morgan fingerprint density at radius 1 is 1.05 bits per heavy atom. The number of nitrogens with two attached hydrogens (primary N) is 1. The molecule has 1 aliphatic heterocycles. The molecule has 5 aliphatic rings. The first-order valence-corrected chi connectivity index (χ1v) is 8.39. The van der Waals surface area contributed by atoms with Crippen LogP contribution < -0.4 is 11.1 Å². The second-order valence-electron chi connectivity index (χ2n) is 7.52. The highest BCUT2D eigenvalue weighted by molar-refractivity contribution is 5.81. The van der Waals surface area contributed by atoms with Gasteiger partial charge in [-0.25, -0.2) is 0 Å². The van der Waals surface area contributed by atoms with E-state index < -0.39 is 0 Å². The molecule has 4 saturated carbocycles. The summed E-state index contributed by atoms with van der Waals surface area (Å²) in [5.41, 5.74) is 5.62. The summed E-state index contributed by atoms with van der Waals surface area (Å²) >= 11 is 0. The van der Waals surface area contributed by atoms with Crippen LogP contribution in [-0.4, -0.2) is 30.7 Å². The molecule has 2 unspecified atom stereocenters. The summed E-state index contributed by atoms with van der Waals surface area (Å²) in [6.45, 7) is 0.530. The third-order valence-electron chi connectivity index (χ3n) is 6.20. The Morgan fingerprint density at radius 3 is 2.25 bits per heavy atom. The Kier molecular flexibility index (Phi) is 3.26. The number of rotatable bonds is 3. The predicted octanol–water partition coefficient (Wildman–Crippen LogP) is 1.43. The van der Waals surface area contributed by atoms with E-state index >= 15 is 0 Å². The molecule has 1 heterocycles. The third-order valence-corrected chi connectivity index (χ3v) is 6.20. The molecule has 3 N–H and O–H groups in total. The first kappa shape index (κ1) is 13.1. The third kappa shape index (κ3) is 2.17. The average Bonchev–Trinajstić information content (AvgIpc) is 2.91. The normalized spacial score (nSPS) is 49.5. The zero-order valence-electron chi connectivity index (χ0n) is 12.1. The van der Waals surface area contributed by atoms with Crippen LogP contribution in [0.15, 0.2) is 0 Å². The largest absolute Gasteiger partial charge is 0.364 e. The van der Waals surface area contributed by atoms with Crippen molar-refractivity contribution in [2.24, 2.45) is 29.4 Å². The van der Waals surface area contributed by atoms with Crippen LogP contribution >= 0.6 is 0 Å². The second-order valence-corrected chi connectivity index (χ2v) is 7.52. The van der Waals surface area contributed by atoms with Crippen molar-refractivity contribution < 1.29 is 9.53 Å². The molecule has 1 saturated heterocycles. The summed E-state index contributed by atoms with van der Waals surface area (Å²) in [5, 5.41) is 3.34. The van der Waals surface area contributed by atoms with E-state index in [1.807, 2.05) is 0 Å². The van der Waals surface area contributed by atoms with E-state index in [2.05, 4.69) is 5.32 Å². The molecule has 4 nitrogen and oxygen atoms in total. The van der Waals surface area contributed by atoms with Gasteiger partial charge in [0, 0.05) is 12.6 Å². The number of hydrogen-bond acceptors (Lipinski definition) is 3. The van der Waals surface area contributed by atoms with Crippen molar-refractivity contribution >= 4 is 5.91 Å². The summed E-state index contributed by atoms with van der Waals surface area (Å²) < 4.78 is 5.73. The zero-order valence-corrected chi connectivity index (χ0v) is 12.1. The van der Waals surface area contributed by atoms with Gasteiger partial charge in [0.1, 0.15) is 6.10 Å². The molecule has 4 aliphatic carbocycles. The van der Waals surface area contributed by atoms with Gasteiger partial charge in [0.2, 0.25) is 5.91 Å². The van der Waals surface area contributed by atoms with Gasteiger partial charge in [0.15, 0.2) is 0 Å². The first-order chi connectivity index (χ1) is 9.72. The maximum Gasteiger partial charge on any atom is 0.249 e. The van der Waals surface area contributed by atoms with Crippen molar-refractivity contribution in [1.29, 1.82) is 0 Å². The van der Waals surface area contributed by atoms with Gasteiger partial charge in [0.05, 0.1) is 6.10 Å². The lowest BCUT2D eigenvalue weighted by Gasteiger charge is -2.54. The highest BCUT2D eigenvalue weighted by Crippen LogP contribution is 2.53. The summed E-state index contributed by atoms with van der Waals surface area (Å²) in [7, 11) is 0. The molecule has 0 spiro atoms. The van der Waals surface area contributed by atoms with Crippen molar-refractivity contribution in [3.05, 3.63) is 0 Å². The standard InChI is InChI=1S/C16H26N2O2/c17-8-13-1-2-14(20-13)16(19)18-15-11-4-9-3-10(6-11)7-12(15)5-9/h9-15H,1-8,17H2,(H,18,19). The lowest BCUT2D eigenvalue weighted by Crippen LogP contribution is -2.57. The van der Waals surface area contributed by atoms with E-state index in [0.717, 1.165) is 36.5 Å². The van der Waals surface area contributed by atoms with E-state index in [9.17, 15) is 4.79 Å². The molecule has 0 aromatic heterocycles. The molecular formula is C16H26N2O2. The highest BCUT2D eigenvalue weighted by Gasteiger charge is 2.49. The van der Waals surface area contributed by atoms with Crippen molar-refractivity contribution in [3.8, 4) is 0 Å². The molecule has 4 heteroatoms. The summed E-state index contributed by atoms with van der Waals surface area (Å²) in [4.78, 5) is 12.4. The van der Waals surface area contributed by atoms with Crippen LogP contribution in [0.2, 0.25) is 0 Å². The van der Waals surface area contributed by atoms with Gasteiger partial charge in [-0.2, -0.15) is 0 Å². The average molecular weight is 278 g/mol. The number of hydrogen-bond donors (Lipinski definition) is 2. The lowest BCUT2D eigenvalue weighted by atomic mass is 9.54. The Balaban J connectivity index is 1.38. The van der Waals surface area contributed by atoms with Crippen LogP contribution in [0.25, 0.3) is 0 Å². The molecule has 1 amide bonds. The van der Waals surface area contributed by atoms with E-state index in [1.165, 1.54) is 32.1 Å². The Bertz CT molecular complexity index is 370. The van der Waals surface area contributed by atoms with Crippen LogP contribution in [-0.2, 0) is 9.53 Å². The molecule has 0 aromatic carbocycles. The maximum absolute atomic E-state index is 12.4. The predicted molar refractivity (Wildman–Crippen MR) is 75.9 cm³/mol. The minimum absolute atomic E-state index is 0.0873.